The van der Waals surface area contributed by atoms with Crippen LogP contribution in [0.2, 0.25) is 0 Å². The molecule has 0 aromatic heterocycles. The Morgan fingerprint density at radius 1 is 0.938 bits per heavy atom. The van der Waals surface area contributed by atoms with Gasteiger partial charge < -0.3 is 9.68 Å². The van der Waals surface area contributed by atoms with E-state index < -0.39 is 11.9 Å². The molecule has 0 heterocycles. The van der Waals surface area contributed by atoms with E-state index in [1.54, 1.807) is 0 Å². The van der Waals surface area contributed by atoms with Crippen LogP contribution >= 0.6 is 0 Å². The standard InChI is InChI=1S/C10H14N2O4/c1-7(13)15-11-9-5-3-4-6-10(9)12-16-8(2)14/h3-6H2,1-2H3/b11-9+,12-10+. The first-order chi connectivity index (χ1) is 7.59. The van der Waals surface area contributed by atoms with Crippen molar-refractivity contribution in [2.75, 3.05) is 0 Å². The monoisotopic (exact) mass is 226 g/mol. The van der Waals surface area contributed by atoms with Gasteiger partial charge in [0, 0.05) is 13.8 Å². The first kappa shape index (κ1) is 12.4. The molecule has 6 heteroatoms. The van der Waals surface area contributed by atoms with Crippen LogP contribution in [0, 0.1) is 0 Å². The van der Waals surface area contributed by atoms with Gasteiger partial charge in [0.2, 0.25) is 0 Å². The summed E-state index contributed by atoms with van der Waals surface area (Å²) in [7, 11) is 0. The van der Waals surface area contributed by atoms with Crippen LogP contribution in [-0.2, 0) is 19.3 Å². The summed E-state index contributed by atoms with van der Waals surface area (Å²) in [5.41, 5.74) is 1.14. The molecule has 0 N–H and O–H groups in total. The lowest BCUT2D eigenvalue weighted by Crippen LogP contribution is -2.20. The summed E-state index contributed by atoms with van der Waals surface area (Å²) in [5.74, 6) is -0.963. The van der Waals surface area contributed by atoms with Crippen molar-refractivity contribution in [1.82, 2.24) is 0 Å². The van der Waals surface area contributed by atoms with Gasteiger partial charge in [0.25, 0.3) is 0 Å². The van der Waals surface area contributed by atoms with Crippen LogP contribution < -0.4 is 0 Å². The van der Waals surface area contributed by atoms with Crippen molar-refractivity contribution in [3.8, 4) is 0 Å². The molecular formula is C10H14N2O4. The van der Waals surface area contributed by atoms with Gasteiger partial charge in [-0.05, 0) is 25.7 Å². The van der Waals surface area contributed by atoms with Crippen LogP contribution in [0.15, 0.2) is 10.3 Å². The summed E-state index contributed by atoms with van der Waals surface area (Å²) in [6, 6.07) is 0. The number of oxime groups is 2. The lowest BCUT2D eigenvalue weighted by atomic mass is 9.97. The van der Waals surface area contributed by atoms with E-state index in [9.17, 15) is 9.59 Å². The molecule has 88 valence electrons. The van der Waals surface area contributed by atoms with Gasteiger partial charge in [-0.2, -0.15) is 0 Å². The van der Waals surface area contributed by atoms with Gasteiger partial charge in [0.05, 0.1) is 0 Å². The Kier molecular flexibility index (Phi) is 4.63. The van der Waals surface area contributed by atoms with Gasteiger partial charge in [-0.1, -0.05) is 10.3 Å². The molecule has 16 heavy (non-hydrogen) atoms. The van der Waals surface area contributed by atoms with E-state index in [0.717, 1.165) is 12.8 Å². The lowest BCUT2D eigenvalue weighted by molar-refractivity contribution is -0.142. The number of rotatable bonds is 2. The second kappa shape index (κ2) is 5.99. The molecule has 0 aromatic carbocycles. The fraction of sp³-hybridized carbons (Fsp3) is 0.600. The normalized spacial score (nSPS) is 20.9. The summed E-state index contributed by atoms with van der Waals surface area (Å²) in [6.45, 7) is 2.55. The number of nitrogens with zero attached hydrogens (tertiary/aromatic N) is 2. The highest BCUT2D eigenvalue weighted by atomic mass is 16.7. The maximum absolute atomic E-state index is 10.6. The Bertz CT molecular complexity index is 313. The number of hydrogen-bond donors (Lipinski definition) is 0. The highest BCUT2D eigenvalue weighted by molar-refractivity contribution is 6.42. The fourth-order valence-corrected chi connectivity index (χ4v) is 1.31. The molecule has 0 radical (unpaired) electrons. The summed E-state index contributed by atoms with van der Waals surface area (Å²) in [6.07, 6.45) is 3.26. The largest absolute Gasteiger partial charge is 0.331 e. The Morgan fingerprint density at radius 2 is 1.31 bits per heavy atom. The second-order valence-electron chi connectivity index (χ2n) is 3.45. The topological polar surface area (TPSA) is 77.3 Å². The van der Waals surface area contributed by atoms with E-state index in [2.05, 4.69) is 20.0 Å². The molecule has 0 saturated heterocycles. The number of hydrogen-bond acceptors (Lipinski definition) is 6. The highest BCUT2D eigenvalue weighted by Gasteiger charge is 2.17. The van der Waals surface area contributed by atoms with Gasteiger partial charge in [-0.3, -0.25) is 0 Å². The lowest BCUT2D eigenvalue weighted by Gasteiger charge is -2.13. The minimum Gasteiger partial charge on any atom is -0.318 e. The highest BCUT2D eigenvalue weighted by Crippen LogP contribution is 2.14. The van der Waals surface area contributed by atoms with Crippen LogP contribution in [0.1, 0.15) is 39.5 Å². The first-order valence-electron chi connectivity index (χ1n) is 5.09. The van der Waals surface area contributed by atoms with Crippen molar-refractivity contribution < 1.29 is 19.3 Å². The van der Waals surface area contributed by atoms with Crippen LogP contribution in [0.4, 0.5) is 0 Å². The molecule has 1 fully saturated rings. The van der Waals surface area contributed by atoms with E-state index in [1.807, 2.05) is 0 Å². The van der Waals surface area contributed by atoms with Crippen LogP contribution in [0.5, 0.6) is 0 Å². The molecule has 0 unspecified atom stereocenters. The maximum Gasteiger partial charge on any atom is 0.331 e. The van der Waals surface area contributed by atoms with Crippen LogP contribution in [0.25, 0.3) is 0 Å². The third kappa shape index (κ3) is 4.20. The maximum atomic E-state index is 10.6. The van der Waals surface area contributed by atoms with Crippen molar-refractivity contribution in [2.24, 2.45) is 10.3 Å². The van der Waals surface area contributed by atoms with E-state index >= 15 is 0 Å². The first-order valence-corrected chi connectivity index (χ1v) is 5.09. The van der Waals surface area contributed by atoms with Gasteiger partial charge in [0.15, 0.2) is 0 Å². The SMILES string of the molecule is CC(=O)O/N=C1\CCCC\C1=N/OC(C)=O. The predicted molar refractivity (Wildman–Crippen MR) is 56.9 cm³/mol. The zero-order chi connectivity index (χ0) is 12.0. The minimum absolute atomic E-state index is 0.482. The van der Waals surface area contributed by atoms with Gasteiger partial charge in [-0.25, -0.2) is 9.59 Å². The van der Waals surface area contributed by atoms with E-state index in [4.69, 9.17) is 0 Å². The number of carbonyl (C=O) groups excluding carboxylic acids is 2. The average molecular weight is 226 g/mol. The summed E-state index contributed by atoms with van der Waals surface area (Å²) < 4.78 is 0. The van der Waals surface area contributed by atoms with Crippen molar-refractivity contribution in [1.29, 1.82) is 0 Å². The Labute approximate surface area is 93.3 Å². The molecule has 0 atom stereocenters. The third-order valence-corrected chi connectivity index (χ3v) is 1.98. The molecule has 1 aliphatic carbocycles. The average Bonchev–Trinajstić information content (AvgIpc) is 2.24. The molecule has 0 bridgehead atoms. The van der Waals surface area contributed by atoms with Crippen molar-refractivity contribution in [2.45, 2.75) is 39.5 Å². The predicted octanol–water partition coefficient (Wildman–Crippen LogP) is 1.40. The van der Waals surface area contributed by atoms with Crippen molar-refractivity contribution in [3.05, 3.63) is 0 Å². The molecule has 1 saturated carbocycles. The van der Waals surface area contributed by atoms with Crippen molar-refractivity contribution in [3.63, 3.8) is 0 Å². The van der Waals surface area contributed by atoms with E-state index in [1.165, 1.54) is 13.8 Å². The van der Waals surface area contributed by atoms with Crippen molar-refractivity contribution >= 4 is 23.4 Å². The molecule has 0 amide bonds. The van der Waals surface area contributed by atoms with Crippen LogP contribution in [-0.4, -0.2) is 23.4 Å². The van der Waals surface area contributed by atoms with Gasteiger partial charge >= 0.3 is 11.9 Å². The summed E-state index contributed by atoms with van der Waals surface area (Å²) in [4.78, 5) is 30.3. The quantitative estimate of drug-likeness (QED) is 0.526. The molecular weight excluding hydrogens is 212 g/mol. The molecule has 0 spiro atoms. The Hall–Kier alpha value is -1.72. The van der Waals surface area contributed by atoms with Crippen LogP contribution in [0.3, 0.4) is 0 Å². The van der Waals surface area contributed by atoms with Gasteiger partial charge in [-0.15, -0.1) is 0 Å². The molecule has 0 aromatic rings. The molecule has 6 nitrogen and oxygen atoms in total. The van der Waals surface area contributed by atoms with E-state index in [0.29, 0.717) is 24.3 Å². The van der Waals surface area contributed by atoms with E-state index in [-0.39, 0.29) is 0 Å². The fourth-order valence-electron chi connectivity index (χ4n) is 1.31. The molecule has 1 rings (SSSR count). The second-order valence-corrected chi connectivity index (χ2v) is 3.45. The summed E-state index contributed by atoms with van der Waals surface area (Å²) in [5, 5.41) is 7.37. The Balaban J connectivity index is 2.70. The van der Waals surface area contributed by atoms with Gasteiger partial charge in [0.1, 0.15) is 11.4 Å². The number of carbonyl (C=O) groups is 2. The third-order valence-electron chi connectivity index (χ3n) is 1.98. The Morgan fingerprint density at radius 3 is 1.62 bits per heavy atom. The minimum atomic E-state index is -0.482. The smallest absolute Gasteiger partial charge is 0.318 e. The zero-order valence-corrected chi connectivity index (χ0v) is 9.36. The molecule has 0 aliphatic heterocycles. The summed E-state index contributed by atoms with van der Waals surface area (Å²) >= 11 is 0. The molecule has 1 aliphatic rings. The zero-order valence-electron chi connectivity index (χ0n) is 9.36.